The predicted molar refractivity (Wildman–Crippen MR) is 60.3 cm³/mol. The first kappa shape index (κ1) is 11.0. The minimum atomic E-state index is -0.439. The highest BCUT2D eigenvalue weighted by Gasteiger charge is 2.31. The second-order valence-electron chi connectivity index (χ2n) is 5.00. The summed E-state index contributed by atoms with van der Waals surface area (Å²) in [4.78, 5) is 12.0. The van der Waals surface area contributed by atoms with E-state index in [1.54, 1.807) is 6.20 Å². The van der Waals surface area contributed by atoms with Gasteiger partial charge < -0.3 is 10.1 Å². The number of rotatable bonds is 1. The molecule has 5 nitrogen and oxygen atoms in total. The third-order valence-electron chi connectivity index (χ3n) is 2.47. The molecule has 0 aromatic carbocycles. The number of ether oxygens (including phenoxy) is 1. The van der Waals surface area contributed by atoms with E-state index in [0.29, 0.717) is 0 Å². The van der Waals surface area contributed by atoms with Gasteiger partial charge in [-0.2, -0.15) is 5.10 Å². The van der Waals surface area contributed by atoms with Crippen molar-refractivity contribution < 1.29 is 9.53 Å². The fourth-order valence-corrected chi connectivity index (χ4v) is 1.82. The molecule has 0 aliphatic carbocycles. The summed E-state index contributed by atoms with van der Waals surface area (Å²) in [5.74, 6) is 0.466. The van der Waals surface area contributed by atoms with E-state index >= 15 is 0 Å². The number of aromatic amines is 1. The zero-order valence-corrected chi connectivity index (χ0v) is 9.83. The number of nitrogens with zero attached hydrogens (tertiary/aromatic N) is 1. The Labute approximate surface area is 94.6 Å². The highest BCUT2D eigenvalue weighted by Crippen LogP contribution is 2.31. The van der Waals surface area contributed by atoms with Crippen LogP contribution in [0.25, 0.3) is 0 Å². The predicted octanol–water partition coefficient (Wildman–Crippen LogP) is 1.65. The van der Waals surface area contributed by atoms with Gasteiger partial charge in [0.1, 0.15) is 11.4 Å². The second-order valence-corrected chi connectivity index (χ2v) is 5.00. The zero-order valence-electron chi connectivity index (χ0n) is 9.83. The standard InChI is InChI=1S/C11H17N3O2/c1-11(2,3)16-10(15)7-4-5-12-9-8(7)6-13-14-9/h6-7H,4-5H2,1-3H3,(H2,12,13,14). The summed E-state index contributed by atoms with van der Waals surface area (Å²) in [5.41, 5.74) is 0.465. The lowest BCUT2D eigenvalue weighted by Crippen LogP contribution is -2.30. The van der Waals surface area contributed by atoms with Crippen LogP contribution in [0.1, 0.15) is 38.7 Å². The van der Waals surface area contributed by atoms with Crippen LogP contribution in [0.2, 0.25) is 0 Å². The molecule has 1 aromatic rings. The monoisotopic (exact) mass is 223 g/mol. The Kier molecular flexibility index (Phi) is 2.61. The molecule has 16 heavy (non-hydrogen) atoms. The van der Waals surface area contributed by atoms with Crippen LogP contribution in [0.4, 0.5) is 5.82 Å². The number of anilines is 1. The Morgan fingerprint density at radius 1 is 1.56 bits per heavy atom. The highest BCUT2D eigenvalue weighted by molar-refractivity contribution is 5.81. The van der Waals surface area contributed by atoms with Crippen LogP contribution in [0, 0.1) is 0 Å². The average molecular weight is 223 g/mol. The summed E-state index contributed by atoms with van der Waals surface area (Å²) < 4.78 is 5.40. The fraction of sp³-hybridized carbons (Fsp3) is 0.636. The van der Waals surface area contributed by atoms with Crippen molar-refractivity contribution in [3.8, 4) is 0 Å². The maximum atomic E-state index is 12.0. The van der Waals surface area contributed by atoms with E-state index in [1.807, 2.05) is 20.8 Å². The molecule has 88 valence electrons. The van der Waals surface area contributed by atoms with Crippen LogP contribution < -0.4 is 5.32 Å². The molecule has 0 saturated carbocycles. The number of carbonyl (C=O) groups is 1. The number of hydrogen-bond donors (Lipinski definition) is 2. The number of carbonyl (C=O) groups excluding carboxylic acids is 1. The zero-order chi connectivity index (χ0) is 11.8. The molecule has 0 amide bonds. The summed E-state index contributed by atoms with van der Waals surface area (Å²) in [5, 5.41) is 9.94. The third kappa shape index (κ3) is 2.18. The van der Waals surface area contributed by atoms with Crippen molar-refractivity contribution in [3.63, 3.8) is 0 Å². The van der Waals surface area contributed by atoms with Gasteiger partial charge in [0.05, 0.1) is 12.1 Å². The Morgan fingerprint density at radius 3 is 3.00 bits per heavy atom. The van der Waals surface area contributed by atoms with Gasteiger partial charge in [-0.3, -0.25) is 9.89 Å². The first-order valence-electron chi connectivity index (χ1n) is 5.47. The highest BCUT2D eigenvalue weighted by atomic mass is 16.6. The number of nitrogens with one attached hydrogen (secondary N) is 2. The van der Waals surface area contributed by atoms with Crippen LogP contribution in [-0.4, -0.2) is 28.3 Å². The lowest BCUT2D eigenvalue weighted by Gasteiger charge is -2.26. The third-order valence-corrected chi connectivity index (χ3v) is 2.47. The van der Waals surface area contributed by atoms with Crippen molar-refractivity contribution in [3.05, 3.63) is 11.8 Å². The summed E-state index contributed by atoms with van der Waals surface area (Å²) in [7, 11) is 0. The van der Waals surface area contributed by atoms with Gasteiger partial charge in [-0.1, -0.05) is 0 Å². The Morgan fingerprint density at radius 2 is 2.31 bits per heavy atom. The van der Waals surface area contributed by atoms with Crippen LogP contribution >= 0.6 is 0 Å². The van der Waals surface area contributed by atoms with E-state index in [9.17, 15) is 4.79 Å². The van der Waals surface area contributed by atoms with Crippen LogP contribution in [-0.2, 0) is 9.53 Å². The molecule has 1 atom stereocenters. The van der Waals surface area contributed by atoms with Gasteiger partial charge >= 0.3 is 5.97 Å². The number of fused-ring (bicyclic) bond motifs is 1. The fourth-order valence-electron chi connectivity index (χ4n) is 1.82. The van der Waals surface area contributed by atoms with Crippen LogP contribution in [0.3, 0.4) is 0 Å². The van der Waals surface area contributed by atoms with E-state index in [4.69, 9.17) is 4.74 Å². The van der Waals surface area contributed by atoms with E-state index < -0.39 is 5.60 Å². The van der Waals surface area contributed by atoms with Crippen molar-refractivity contribution in [2.45, 2.75) is 38.7 Å². The normalized spacial score (nSPS) is 19.8. The first-order valence-corrected chi connectivity index (χ1v) is 5.47. The van der Waals surface area contributed by atoms with Crippen LogP contribution in [0.5, 0.6) is 0 Å². The van der Waals surface area contributed by atoms with Crippen molar-refractivity contribution in [1.29, 1.82) is 0 Å². The number of hydrogen-bond acceptors (Lipinski definition) is 4. The van der Waals surface area contributed by atoms with Gasteiger partial charge in [0.2, 0.25) is 0 Å². The molecule has 0 radical (unpaired) electrons. The number of H-pyrrole nitrogens is 1. The molecule has 0 saturated heterocycles. The Hall–Kier alpha value is -1.52. The smallest absolute Gasteiger partial charge is 0.314 e. The molecule has 2 rings (SSSR count). The molecule has 0 spiro atoms. The van der Waals surface area contributed by atoms with Gasteiger partial charge in [0, 0.05) is 12.1 Å². The van der Waals surface area contributed by atoms with Crippen molar-refractivity contribution in [2.75, 3.05) is 11.9 Å². The second kappa shape index (κ2) is 3.81. The number of esters is 1. The molecule has 0 bridgehead atoms. The van der Waals surface area contributed by atoms with Gasteiger partial charge in [-0.05, 0) is 27.2 Å². The number of aromatic nitrogens is 2. The SMILES string of the molecule is CC(C)(C)OC(=O)C1CCNc2[nH]ncc21. The quantitative estimate of drug-likeness (QED) is 0.710. The molecule has 2 heterocycles. The Balaban J connectivity index is 2.15. The molecule has 5 heteroatoms. The van der Waals surface area contributed by atoms with E-state index in [2.05, 4.69) is 15.5 Å². The molecule has 1 aliphatic rings. The summed E-state index contributed by atoms with van der Waals surface area (Å²) in [6.45, 7) is 6.39. The summed E-state index contributed by atoms with van der Waals surface area (Å²) in [6, 6.07) is 0. The summed E-state index contributed by atoms with van der Waals surface area (Å²) >= 11 is 0. The molecular weight excluding hydrogens is 206 g/mol. The van der Waals surface area contributed by atoms with E-state index in [1.165, 1.54) is 0 Å². The Bertz CT molecular complexity index is 392. The van der Waals surface area contributed by atoms with Crippen molar-refractivity contribution in [1.82, 2.24) is 10.2 Å². The van der Waals surface area contributed by atoms with Gasteiger partial charge in [-0.15, -0.1) is 0 Å². The van der Waals surface area contributed by atoms with Crippen molar-refractivity contribution in [2.24, 2.45) is 0 Å². The lowest BCUT2D eigenvalue weighted by atomic mass is 9.95. The average Bonchev–Trinajstić information content (AvgIpc) is 2.61. The molecule has 1 unspecified atom stereocenters. The van der Waals surface area contributed by atoms with Crippen LogP contribution in [0.15, 0.2) is 6.20 Å². The largest absolute Gasteiger partial charge is 0.459 e. The lowest BCUT2D eigenvalue weighted by molar-refractivity contribution is -0.156. The minimum Gasteiger partial charge on any atom is -0.459 e. The van der Waals surface area contributed by atoms with E-state index in [-0.39, 0.29) is 11.9 Å². The van der Waals surface area contributed by atoms with E-state index in [0.717, 1.165) is 24.3 Å². The molecule has 0 fully saturated rings. The molecular formula is C11H17N3O2. The van der Waals surface area contributed by atoms with Gasteiger partial charge in [-0.25, -0.2) is 0 Å². The van der Waals surface area contributed by atoms with Gasteiger partial charge in [0.25, 0.3) is 0 Å². The van der Waals surface area contributed by atoms with Gasteiger partial charge in [0.15, 0.2) is 0 Å². The minimum absolute atomic E-state index is 0.170. The molecule has 1 aliphatic heterocycles. The maximum Gasteiger partial charge on any atom is 0.314 e. The molecule has 1 aromatic heterocycles. The van der Waals surface area contributed by atoms with Crippen molar-refractivity contribution >= 4 is 11.8 Å². The summed E-state index contributed by atoms with van der Waals surface area (Å²) in [6.07, 6.45) is 2.44. The maximum absolute atomic E-state index is 12.0. The molecule has 2 N–H and O–H groups in total. The topological polar surface area (TPSA) is 67.0 Å². The first-order chi connectivity index (χ1) is 7.47.